The smallest absolute Gasteiger partial charge is 0.159 e. The van der Waals surface area contributed by atoms with E-state index in [0.717, 1.165) is 11.4 Å². The van der Waals surface area contributed by atoms with Gasteiger partial charge in [0.15, 0.2) is 6.29 Å². The molecule has 1 atom stereocenters. The van der Waals surface area contributed by atoms with Gasteiger partial charge in [-0.1, -0.05) is 6.07 Å². The summed E-state index contributed by atoms with van der Waals surface area (Å²) >= 11 is 0. The van der Waals surface area contributed by atoms with E-state index >= 15 is 0 Å². The Balaban J connectivity index is 2.78. The number of ether oxygens (including phenoxy) is 3. The van der Waals surface area contributed by atoms with Crippen molar-refractivity contribution in [1.29, 1.82) is 0 Å². The Bertz CT molecular complexity index is 383. The van der Waals surface area contributed by atoms with Crippen molar-refractivity contribution in [1.82, 2.24) is 0 Å². The Kier molecular flexibility index (Phi) is 6.08. The van der Waals surface area contributed by atoms with Crippen LogP contribution in [0.15, 0.2) is 24.3 Å². The summed E-state index contributed by atoms with van der Waals surface area (Å²) in [5.74, 6) is 0.805. The van der Waals surface area contributed by atoms with Crippen molar-refractivity contribution < 1.29 is 14.2 Å². The molecule has 0 saturated heterocycles. The Morgan fingerprint density at radius 2 is 1.95 bits per heavy atom. The molecule has 0 amide bonds. The molecule has 5 heteroatoms. The summed E-state index contributed by atoms with van der Waals surface area (Å²) < 4.78 is 15.7. The predicted molar refractivity (Wildman–Crippen MR) is 76.5 cm³/mol. The van der Waals surface area contributed by atoms with Gasteiger partial charge in [-0.2, -0.15) is 0 Å². The number of nitrogens with one attached hydrogen (secondary N) is 1. The van der Waals surface area contributed by atoms with Crippen LogP contribution in [0.5, 0.6) is 5.75 Å². The van der Waals surface area contributed by atoms with Gasteiger partial charge in [0.05, 0.1) is 12.6 Å². The van der Waals surface area contributed by atoms with Gasteiger partial charge in [0, 0.05) is 38.9 Å². The van der Waals surface area contributed by atoms with Crippen molar-refractivity contribution in [3.63, 3.8) is 0 Å². The van der Waals surface area contributed by atoms with Crippen LogP contribution >= 0.6 is 0 Å². The van der Waals surface area contributed by atoms with Crippen LogP contribution in [0.1, 0.15) is 13.3 Å². The lowest BCUT2D eigenvalue weighted by atomic mass is 9.97. The molecule has 0 spiro atoms. The van der Waals surface area contributed by atoms with Crippen LogP contribution in [0, 0.1) is 0 Å². The summed E-state index contributed by atoms with van der Waals surface area (Å²) in [6.07, 6.45) is 0.361. The van der Waals surface area contributed by atoms with Gasteiger partial charge >= 0.3 is 0 Å². The van der Waals surface area contributed by atoms with E-state index in [1.54, 1.807) is 21.3 Å². The monoisotopic (exact) mass is 268 g/mol. The molecule has 19 heavy (non-hydrogen) atoms. The maximum Gasteiger partial charge on any atom is 0.159 e. The summed E-state index contributed by atoms with van der Waals surface area (Å²) in [6, 6.07) is 7.74. The molecule has 108 valence electrons. The van der Waals surface area contributed by atoms with Gasteiger partial charge in [-0.3, -0.25) is 0 Å². The molecule has 1 unspecified atom stereocenters. The van der Waals surface area contributed by atoms with E-state index < -0.39 is 0 Å². The molecule has 0 fully saturated rings. The summed E-state index contributed by atoms with van der Waals surface area (Å²) in [5.41, 5.74) is 6.52. The van der Waals surface area contributed by atoms with Gasteiger partial charge in [-0.15, -0.1) is 0 Å². The second-order valence-corrected chi connectivity index (χ2v) is 4.73. The van der Waals surface area contributed by atoms with Crippen LogP contribution in [0.2, 0.25) is 0 Å². The largest absolute Gasteiger partial charge is 0.497 e. The highest BCUT2D eigenvalue weighted by atomic mass is 16.7. The van der Waals surface area contributed by atoms with E-state index in [4.69, 9.17) is 19.9 Å². The molecule has 0 aliphatic carbocycles. The third-order valence-electron chi connectivity index (χ3n) is 3.11. The minimum atomic E-state index is -0.316. The third kappa shape index (κ3) is 4.70. The second-order valence-electron chi connectivity index (χ2n) is 4.73. The Morgan fingerprint density at radius 1 is 1.26 bits per heavy atom. The molecule has 5 nitrogen and oxygen atoms in total. The molecule has 0 saturated carbocycles. The van der Waals surface area contributed by atoms with Crippen molar-refractivity contribution in [3.05, 3.63) is 24.3 Å². The van der Waals surface area contributed by atoms with E-state index in [1.165, 1.54) is 0 Å². The van der Waals surface area contributed by atoms with E-state index in [9.17, 15) is 0 Å². The SMILES string of the molecule is COc1cccc(NC(C)(CN)CC(OC)OC)c1. The first-order valence-electron chi connectivity index (χ1n) is 6.25. The van der Waals surface area contributed by atoms with E-state index in [0.29, 0.717) is 13.0 Å². The standard InChI is InChI=1S/C14H24N2O3/c1-14(10-15,9-13(18-3)19-4)16-11-6-5-7-12(8-11)17-2/h5-8,13,16H,9-10,15H2,1-4H3. The molecule has 0 aromatic heterocycles. The number of anilines is 1. The van der Waals surface area contributed by atoms with Crippen molar-refractivity contribution in [2.75, 3.05) is 33.2 Å². The van der Waals surface area contributed by atoms with Crippen LogP contribution < -0.4 is 15.8 Å². The van der Waals surface area contributed by atoms with E-state index in [2.05, 4.69) is 5.32 Å². The predicted octanol–water partition coefficient (Wildman–Crippen LogP) is 1.83. The zero-order valence-corrected chi connectivity index (χ0v) is 12.1. The summed E-state index contributed by atoms with van der Waals surface area (Å²) in [6.45, 7) is 2.50. The van der Waals surface area contributed by atoms with Crippen LogP contribution in [0.3, 0.4) is 0 Å². The molecule has 0 heterocycles. The van der Waals surface area contributed by atoms with Crippen molar-refractivity contribution >= 4 is 5.69 Å². The van der Waals surface area contributed by atoms with E-state index in [1.807, 2.05) is 31.2 Å². The first kappa shape index (κ1) is 15.8. The molecule has 0 aliphatic heterocycles. The van der Waals surface area contributed by atoms with Gasteiger partial charge < -0.3 is 25.3 Å². The van der Waals surface area contributed by atoms with Gasteiger partial charge in [-0.25, -0.2) is 0 Å². The number of hydrogen-bond acceptors (Lipinski definition) is 5. The lowest BCUT2D eigenvalue weighted by molar-refractivity contribution is -0.113. The average molecular weight is 268 g/mol. The molecule has 0 radical (unpaired) electrons. The Morgan fingerprint density at radius 3 is 2.47 bits per heavy atom. The van der Waals surface area contributed by atoms with Gasteiger partial charge in [-0.05, 0) is 19.1 Å². The van der Waals surface area contributed by atoms with Crippen LogP contribution in [-0.4, -0.2) is 39.7 Å². The van der Waals surface area contributed by atoms with Crippen molar-refractivity contribution in [2.24, 2.45) is 5.73 Å². The minimum Gasteiger partial charge on any atom is -0.497 e. The topological polar surface area (TPSA) is 65.7 Å². The maximum atomic E-state index is 5.88. The lowest BCUT2D eigenvalue weighted by Gasteiger charge is -2.33. The van der Waals surface area contributed by atoms with Crippen LogP contribution in [-0.2, 0) is 9.47 Å². The first-order valence-corrected chi connectivity index (χ1v) is 6.25. The zero-order chi connectivity index (χ0) is 14.3. The second kappa shape index (κ2) is 7.33. The average Bonchev–Trinajstić information content (AvgIpc) is 2.45. The first-order chi connectivity index (χ1) is 9.06. The van der Waals surface area contributed by atoms with E-state index in [-0.39, 0.29) is 11.8 Å². The number of nitrogens with two attached hydrogens (primary N) is 1. The number of hydrogen-bond donors (Lipinski definition) is 2. The number of rotatable bonds is 8. The zero-order valence-electron chi connectivity index (χ0n) is 12.1. The van der Waals surface area contributed by atoms with Gasteiger partial charge in [0.1, 0.15) is 5.75 Å². The number of methoxy groups -OCH3 is 3. The Labute approximate surface area is 115 Å². The molecule has 0 bridgehead atoms. The fraction of sp³-hybridized carbons (Fsp3) is 0.571. The number of benzene rings is 1. The van der Waals surface area contributed by atoms with Crippen molar-refractivity contribution in [3.8, 4) is 5.75 Å². The molecule has 0 aliphatic rings. The molecule has 1 aromatic rings. The highest BCUT2D eigenvalue weighted by Gasteiger charge is 2.27. The summed E-state index contributed by atoms with van der Waals surface area (Å²) in [4.78, 5) is 0. The van der Waals surface area contributed by atoms with Gasteiger partial charge in [0.2, 0.25) is 0 Å². The third-order valence-corrected chi connectivity index (χ3v) is 3.11. The highest BCUT2D eigenvalue weighted by molar-refractivity contribution is 5.50. The van der Waals surface area contributed by atoms with Crippen LogP contribution in [0.4, 0.5) is 5.69 Å². The van der Waals surface area contributed by atoms with Crippen molar-refractivity contribution in [2.45, 2.75) is 25.2 Å². The quantitative estimate of drug-likeness (QED) is 0.704. The van der Waals surface area contributed by atoms with Gasteiger partial charge in [0.25, 0.3) is 0 Å². The highest BCUT2D eigenvalue weighted by Crippen LogP contribution is 2.23. The molecule has 1 aromatic carbocycles. The Hall–Kier alpha value is -1.30. The normalized spacial score (nSPS) is 14.2. The molecular formula is C14H24N2O3. The molecule has 3 N–H and O–H groups in total. The fourth-order valence-electron chi connectivity index (χ4n) is 1.87. The molecule has 1 rings (SSSR count). The lowest BCUT2D eigenvalue weighted by Crippen LogP contribution is -2.45. The minimum absolute atomic E-state index is 0.286. The summed E-state index contributed by atoms with van der Waals surface area (Å²) in [7, 11) is 4.89. The molecular weight excluding hydrogens is 244 g/mol. The fourth-order valence-corrected chi connectivity index (χ4v) is 1.87. The summed E-state index contributed by atoms with van der Waals surface area (Å²) in [5, 5.41) is 3.41. The van der Waals surface area contributed by atoms with Crippen LogP contribution in [0.25, 0.3) is 0 Å². The maximum absolute atomic E-state index is 5.88.